The lowest BCUT2D eigenvalue weighted by atomic mass is 10.00. The van der Waals surface area contributed by atoms with Gasteiger partial charge in [-0.25, -0.2) is 4.79 Å². The molecule has 2 heterocycles. The van der Waals surface area contributed by atoms with Gasteiger partial charge in [0.15, 0.2) is 0 Å². The number of fused-ring (bicyclic) bond motifs is 1. The van der Waals surface area contributed by atoms with E-state index in [0.717, 1.165) is 55.7 Å². The molecule has 7 nitrogen and oxygen atoms in total. The van der Waals surface area contributed by atoms with Crippen molar-refractivity contribution in [3.63, 3.8) is 0 Å². The molecule has 0 saturated carbocycles. The predicted molar refractivity (Wildman–Crippen MR) is 162 cm³/mol. The smallest absolute Gasteiger partial charge is 0.322 e. The number of aromatic nitrogens is 1. The van der Waals surface area contributed by atoms with Crippen LogP contribution in [0.2, 0.25) is 10.0 Å². The van der Waals surface area contributed by atoms with Crippen LogP contribution in [0.15, 0.2) is 48.5 Å². The van der Waals surface area contributed by atoms with Gasteiger partial charge in [-0.2, -0.15) is 0 Å². The van der Waals surface area contributed by atoms with Crippen molar-refractivity contribution in [1.82, 2.24) is 14.8 Å². The summed E-state index contributed by atoms with van der Waals surface area (Å²) in [5.74, 6) is 0.0168. The van der Waals surface area contributed by atoms with Crippen molar-refractivity contribution < 1.29 is 9.59 Å². The fourth-order valence-corrected chi connectivity index (χ4v) is 6.50. The Morgan fingerprint density at radius 1 is 0.900 bits per heavy atom. The number of pyridine rings is 1. The number of hydrogen-bond acceptors (Lipinski definition) is 4. The molecule has 210 valence electrons. The van der Waals surface area contributed by atoms with Crippen molar-refractivity contribution in [2.45, 2.75) is 51.6 Å². The zero-order valence-electron chi connectivity index (χ0n) is 23.4. The third kappa shape index (κ3) is 6.06. The van der Waals surface area contributed by atoms with Crippen LogP contribution in [-0.4, -0.2) is 59.9 Å². The van der Waals surface area contributed by atoms with E-state index in [-0.39, 0.29) is 24.0 Å². The summed E-state index contributed by atoms with van der Waals surface area (Å²) < 4.78 is 0. The Bertz CT molecular complexity index is 1400. The molecule has 1 unspecified atom stereocenters. The van der Waals surface area contributed by atoms with Crippen LogP contribution in [0.25, 0.3) is 0 Å². The average Bonchev–Trinajstić information content (AvgIpc) is 3.34. The van der Waals surface area contributed by atoms with Crippen molar-refractivity contribution in [1.29, 1.82) is 0 Å². The second-order valence-electron chi connectivity index (χ2n) is 10.9. The van der Waals surface area contributed by atoms with Crippen LogP contribution in [0.4, 0.5) is 16.2 Å². The second-order valence-corrected chi connectivity index (χ2v) is 11.8. The largest absolute Gasteiger partial charge is 0.371 e. The second kappa shape index (κ2) is 11.7. The van der Waals surface area contributed by atoms with Crippen LogP contribution in [-0.2, 0) is 6.42 Å². The highest BCUT2D eigenvalue weighted by molar-refractivity contribution is 6.35. The fourth-order valence-electron chi connectivity index (χ4n) is 5.97. The maximum absolute atomic E-state index is 13.6. The number of carbonyl (C=O) groups is 2. The van der Waals surface area contributed by atoms with E-state index in [0.29, 0.717) is 21.3 Å². The molecule has 1 aliphatic heterocycles. The highest BCUT2D eigenvalue weighted by Gasteiger charge is 2.31. The molecule has 0 spiro atoms. The fraction of sp³-hybridized carbons (Fsp3) is 0.387. The van der Waals surface area contributed by atoms with Crippen molar-refractivity contribution in [2.24, 2.45) is 0 Å². The van der Waals surface area contributed by atoms with Crippen molar-refractivity contribution in [3.05, 3.63) is 86.7 Å². The maximum atomic E-state index is 13.6. The number of aryl methyl sites for hydroxylation is 3. The summed E-state index contributed by atoms with van der Waals surface area (Å²) in [6.45, 7) is 5.84. The Morgan fingerprint density at radius 3 is 2.20 bits per heavy atom. The lowest BCUT2D eigenvalue weighted by molar-refractivity contribution is 0.0709. The molecule has 0 radical (unpaired) electrons. The highest BCUT2D eigenvalue weighted by atomic mass is 35.5. The number of nitrogens with zero attached hydrogens (tertiary/aromatic N) is 4. The molecule has 9 heteroatoms. The van der Waals surface area contributed by atoms with Crippen molar-refractivity contribution in [3.8, 4) is 0 Å². The SMILES string of the molecule is Cc1cc(N2CCC(N(C)C(=O)c3ccc4c(c3)C(N(C)C(=O)Nc3cc(Cl)cc(Cl)c3)CC4)CC2)cc(C)n1. The van der Waals surface area contributed by atoms with E-state index in [1.165, 1.54) is 11.3 Å². The van der Waals surface area contributed by atoms with E-state index >= 15 is 0 Å². The first-order chi connectivity index (χ1) is 19.1. The third-order valence-corrected chi connectivity index (χ3v) is 8.54. The molecule has 3 aromatic rings. The topological polar surface area (TPSA) is 68.8 Å². The van der Waals surface area contributed by atoms with Gasteiger partial charge in [0.2, 0.25) is 0 Å². The van der Waals surface area contributed by atoms with Gasteiger partial charge in [-0.05, 0) is 93.1 Å². The quantitative estimate of drug-likeness (QED) is 0.357. The van der Waals surface area contributed by atoms with Gasteiger partial charge >= 0.3 is 6.03 Å². The minimum atomic E-state index is -0.253. The standard InChI is InChI=1S/C31H35Cl2N5O2/c1-19-13-27(14-20(2)34-19)38-11-9-26(10-12-38)36(3)30(39)22-6-5-21-7-8-29(28(21)15-22)37(4)31(40)35-25-17-23(32)16-24(33)18-25/h5-6,13-18,26,29H,7-12H2,1-4H3,(H,35,40). The lowest BCUT2D eigenvalue weighted by Gasteiger charge is -2.38. The number of nitrogens with one attached hydrogen (secondary N) is 1. The monoisotopic (exact) mass is 579 g/mol. The normalized spacial score (nSPS) is 16.9. The molecule has 1 saturated heterocycles. The Kier molecular flexibility index (Phi) is 8.24. The Hall–Kier alpha value is -3.29. The molecule has 2 aliphatic rings. The summed E-state index contributed by atoms with van der Waals surface area (Å²) in [5.41, 5.74) is 6.65. The molecule has 2 aromatic carbocycles. The van der Waals surface area contributed by atoms with E-state index < -0.39 is 0 Å². The molecule has 1 aromatic heterocycles. The number of urea groups is 1. The van der Waals surface area contributed by atoms with E-state index in [9.17, 15) is 9.59 Å². The Balaban J connectivity index is 1.24. The molecule has 0 bridgehead atoms. The predicted octanol–water partition coefficient (Wildman–Crippen LogP) is 6.90. The Labute approximate surface area is 246 Å². The Morgan fingerprint density at radius 2 is 1.55 bits per heavy atom. The minimum absolute atomic E-state index is 0.0168. The number of anilines is 2. The maximum Gasteiger partial charge on any atom is 0.322 e. The summed E-state index contributed by atoms with van der Waals surface area (Å²) >= 11 is 12.2. The number of piperidine rings is 1. The van der Waals surface area contributed by atoms with Gasteiger partial charge in [-0.3, -0.25) is 9.78 Å². The average molecular weight is 581 g/mol. The molecule has 1 aliphatic carbocycles. The van der Waals surface area contributed by atoms with Crippen LogP contribution in [0.3, 0.4) is 0 Å². The first-order valence-electron chi connectivity index (χ1n) is 13.7. The highest BCUT2D eigenvalue weighted by Crippen LogP contribution is 2.36. The minimum Gasteiger partial charge on any atom is -0.371 e. The number of rotatable bonds is 5. The van der Waals surface area contributed by atoms with Crippen molar-refractivity contribution in [2.75, 3.05) is 37.4 Å². The first-order valence-corrected chi connectivity index (χ1v) is 14.4. The number of carbonyl (C=O) groups excluding carboxylic acids is 2. The van der Waals surface area contributed by atoms with E-state index in [1.54, 1.807) is 30.1 Å². The van der Waals surface area contributed by atoms with Gasteiger partial charge in [-0.1, -0.05) is 29.3 Å². The van der Waals surface area contributed by atoms with Gasteiger partial charge in [-0.15, -0.1) is 0 Å². The van der Waals surface area contributed by atoms with E-state index in [4.69, 9.17) is 23.2 Å². The molecular weight excluding hydrogens is 545 g/mol. The number of halogens is 2. The van der Waals surface area contributed by atoms with Crippen LogP contribution in [0.5, 0.6) is 0 Å². The third-order valence-electron chi connectivity index (χ3n) is 8.10. The van der Waals surface area contributed by atoms with E-state index in [1.807, 2.05) is 44.0 Å². The zero-order chi connectivity index (χ0) is 28.6. The number of amides is 3. The van der Waals surface area contributed by atoms with E-state index in [2.05, 4.69) is 27.3 Å². The summed E-state index contributed by atoms with van der Waals surface area (Å²) in [7, 11) is 3.69. The molecule has 1 N–H and O–H groups in total. The summed E-state index contributed by atoms with van der Waals surface area (Å²) in [5, 5.41) is 3.80. The van der Waals surface area contributed by atoms with Crippen LogP contribution < -0.4 is 10.2 Å². The molecule has 5 rings (SSSR count). The molecular formula is C31H35Cl2N5O2. The van der Waals surface area contributed by atoms with Gasteiger partial charge in [0, 0.05) is 71.6 Å². The number of hydrogen-bond donors (Lipinski definition) is 1. The van der Waals surface area contributed by atoms with Crippen LogP contribution in [0, 0.1) is 13.8 Å². The molecule has 1 fully saturated rings. The summed E-state index contributed by atoms with van der Waals surface area (Å²) in [6, 6.07) is 14.9. The lowest BCUT2D eigenvalue weighted by Crippen LogP contribution is -2.45. The molecule has 40 heavy (non-hydrogen) atoms. The molecule has 1 atom stereocenters. The van der Waals surface area contributed by atoms with Crippen LogP contribution in [0.1, 0.15) is 58.2 Å². The van der Waals surface area contributed by atoms with Crippen LogP contribution >= 0.6 is 23.2 Å². The van der Waals surface area contributed by atoms with Crippen molar-refractivity contribution >= 4 is 46.5 Å². The summed E-state index contributed by atoms with van der Waals surface area (Å²) in [6.07, 6.45) is 3.48. The van der Waals surface area contributed by atoms with Gasteiger partial charge in [0.05, 0.1) is 6.04 Å². The van der Waals surface area contributed by atoms with Gasteiger partial charge < -0.3 is 20.0 Å². The van der Waals surface area contributed by atoms with Gasteiger partial charge in [0.25, 0.3) is 5.91 Å². The summed E-state index contributed by atoms with van der Waals surface area (Å²) in [4.78, 5) is 37.1. The number of benzene rings is 2. The first kappa shape index (κ1) is 28.2. The van der Waals surface area contributed by atoms with Gasteiger partial charge in [0.1, 0.15) is 0 Å². The molecule has 3 amide bonds. The zero-order valence-corrected chi connectivity index (χ0v) is 24.9.